The van der Waals surface area contributed by atoms with Crippen LogP contribution < -0.4 is 4.90 Å². The van der Waals surface area contributed by atoms with Crippen LogP contribution in [0.2, 0.25) is 0 Å². The van der Waals surface area contributed by atoms with Gasteiger partial charge in [0.15, 0.2) is 5.78 Å². The third-order valence-electron chi connectivity index (χ3n) is 2.38. The number of aryl methyl sites for hydroxylation is 1. The number of Topliss-reactive ketones (excluding diaryl/α,β-unsaturated/α-hetero) is 1. The molecule has 0 atom stereocenters. The van der Waals surface area contributed by atoms with Gasteiger partial charge >= 0.3 is 5.97 Å². The van der Waals surface area contributed by atoms with E-state index in [0.29, 0.717) is 0 Å². The van der Waals surface area contributed by atoms with Crippen LogP contribution in [0.25, 0.3) is 0 Å². The van der Waals surface area contributed by atoms with Crippen molar-refractivity contribution in [2.75, 3.05) is 11.4 Å². The van der Waals surface area contributed by atoms with Crippen LogP contribution in [0.15, 0.2) is 6.20 Å². The summed E-state index contributed by atoms with van der Waals surface area (Å²) < 4.78 is 1.28. The topological polar surface area (TPSA) is 92.5 Å². The third-order valence-corrected chi connectivity index (χ3v) is 2.38. The summed E-state index contributed by atoms with van der Waals surface area (Å²) in [6, 6.07) is 0. The Labute approximate surface area is 90.3 Å². The summed E-state index contributed by atoms with van der Waals surface area (Å²) in [5, 5.41) is 12.7. The Morgan fingerprint density at radius 1 is 1.50 bits per heavy atom. The molecule has 0 radical (unpaired) electrons. The van der Waals surface area contributed by atoms with Gasteiger partial charge in [0.1, 0.15) is 11.4 Å². The van der Waals surface area contributed by atoms with Crippen LogP contribution in [-0.4, -0.2) is 39.1 Å². The molecule has 0 unspecified atom stereocenters. The number of aromatic carboxylic acids is 1. The second-order valence-corrected chi connectivity index (χ2v) is 3.51. The summed E-state index contributed by atoms with van der Waals surface area (Å²) in [7, 11) is 1.53. The molecule has 1 N–H and O–H groups in total. The molecule has 16 heavy (non-hydrogen) atoms. The highest BCUT2D eigenvalue weighted by atomic mass is 16.4. The van der Waals surface area contributed by atoms with Crippen LogP contribution in [-0.2, 0) is 16.6 Å². The van der Waals surface area contributed by atoms with Crippen molar-refractivity contribution in [3.63, 3.8) is 0 Å². The number of amides is 1. The fraction of sp³-hybridized carbons (Fsp3) is 0.333. The molecule has 84 valence electrons. The number of rotatable bonds is 2. The molecule has 1 aromatic heterocycles. The molecule has 1 fully saturated rings. The second-order valence-electron chi connectivity index (χ2n) is 3.51. The third kappa shape index (κ3) is 1.46. The molecule has 0 spiro atoms. The number of nitrogens with zero attached hydrogens (tertiary/aromatic N) is 3. The van der Waals surface area contributed by atoms with Gasteiger partial charge in [-0.3, -0.25) is 19.2 Å². The molecule has 7 heteroatoms. The molecule has 7 nitrogen and oxygen atoms in total. The fourth-order valence-corrected chi connectivity index (χ4v) is 1.68. The molecule has 1 saturated heterocycles. The highest BCUT2D eigenvalue weighted by Gasteiger charge is 2.33. The largest absolute Gasteiger partial charge is 0.477 e. The normalized spacial score (nSPS) is 15.9. The minimum absolute atomic E-state index is 0.0782. The zero-order valence-electron chi connectivity index (χ0n) is 8.51. The van der Waals surface area contributed by atoms with E-state index in [0.717, 1.165) is 11.1 Å². The lowest BCUT2D eigenvalue weighted by atomic mass is 10.3. The maximum absolute atomic E-state index is 11.5. The minimum atomic E-state index is -1.17. The van der Waals surface area contributed by atoms with Gasteiger partial charge < -0.3 is 5.11 Å². The van der Waals surface area contributed by atoms with E-state index in [1.165, 1.54) is 11.7 Å². The summed E-state index contributed by atoms with van der Waals surface area (Å²) in [6.45, 7) is -0.0847. The number of hydrogen-bond acceptors (Lipinski definition) is 4. The lowest BCUT2D eigenvalue weighted by molar-refractivity contribution is -0.121. The maximum Gasteiger partial charge on any atom is 0.341 e. The first-order valence-electron chi connectivity index (χ1n) is 4.58. The first kappa shape index (κ1) is 10.3. The molecule has 1 aromatic rings. The number of carbonyl (C=O) groups is 3. The lowest BCUT2D eigenvalue weighted by Gasteiger charge is -2.15. The molecular formula is C9H9N3O4. The van der Waals surface area contributed by atoms with Crippen LogP contribution in [0.1, 0.15) is 16.8 Å². The Hall–Kier alpha value is -2.18. The molecule has 0 aliphatic carbocycles. The standard InChI is InChI=1S/C9H9N3O4/c1-11-8(6(3-10-11)9(15)16)12-4-5(13)2-7(12)14/h3H,2,4H2,1H3,(H,15,16). The number of carboxylic acid groups (broad SMARTS) is 1. The first-order valence-corrected chi connectivity index (χ1v) is 4.58. The smallest absolute Gasteiger partial charge is 0.341 e. The number of anilines is 1. The Bertz CT molecular complexity index is 491. The van der Waals surface area contributed by atoms with Gasteiger partial charge in [0, 0.05) is 7.05 Å². The summed E-state index contributed by atoms with van der Waals surface area (Å²) in [5.41, 5.74) is -0.0782. The van der Waals surface area contributed by atoms with Crippen molar-refractivity contribution in [1.29, 1.82) is 0 Å². The van der Waals surface area contributed by atoms with E-state index < -0.39 is 11.9 Å². The van der Waals surface area contributed by atoms with Gasteiger partial charge in [-0.15, -0.1) is 0 Å². The summed E-state index contributed by atoms with van der Waals surface area (Å²) >= 11 is 0. The van der Waals surface area contributed by atoms with Crippen molar-refractivity contribution in [2.45, 2.75) is 6.42 Å². The zero-order valence-corrected chi connectivity index (χ0v) is 8.51. The average molecular weight is 223 g/mol. The highest BCUT2D eigenvalue weighted by molar-refractivity contribution is 6.16. The lowest BCUT2D eigenvalue weighted by Crippen LogP contribution is -2.28. The molecular weight excluding hydrogens is 214 g/mol. The molecule has 2 heterocycles. The minimum Gasteiger partial charge on any atom is -0.477 e. The van der Waals surface area contributed by atoms with Crippen LogP contribution in [0, 0.1) is 0 Å². The van der Waals surface area contributed by atoms with E-state index in [4.69, 9.17) is 5.11 Å². The average Bonchev–Trinajstić information content (AvgIpc) is 2.69. The van der Waals surface area contributed by atoms with Gasteiger partial charge in [0.05, 0.1) is 19.2 Å². The first-order chi connectivity index (χ1) is 7.50. The van der Waals surface area contributed by atoms with Crippen LogP contribution >= 0.6 is 0 Å². The van der Waals surface area contributed by atoms with Crippen LogP contribution in [0.3, 0.4) is 0 Å². The molecule has 2 rings (SSSR count). The van der Waals surface area contributed by atoms with Gasteiger partial charge in [0.2, 0.25) is 5.91 Å². The van der Waals surface area contributed by atoms with Gasteiger partial charge in [-0.25, -0.2) is 4.79 Å². The summed E-state index contributed by atoms with van der Waals surface area (Å²) in [5.74, 6) is -1.63. The van der Waals surface area contributed by atoms with Gasteiger partial charge in [-0.05, 0) is 0 Å². The Morgan fingerprint density at radius 2 is 2.19 bits per heavy atom. The van der Waals surface area contributed by atoms with Crippen LogP contribution in [0.5, 0.6) is 0 Å². The van der Waals surface area contributed by atoms with E-state index in [1.807, 2.05) is 0 Å². The number of carboxylic acids is 1. The molecule has 0 saturated carbocycles. The van der Waals surface area contributed by atoms with Gasteiger partial charge in [-0.2, -0.15) is 5.10 Å². The van der Waals surface area contributed by atoms with E-state index in [1.54, 1.807) is 0 Å². The van der Waals surface area contributed by atoms with Crippen molar-refractivity contribution in [3.8, 4) is 0 Å². The van der Waals surface area contributed by atoms with Crippen molar-refractivity contribution >= 4 is 23.5 Å². The van der Waals surface area contributed by atoms with Gasteiger partial charge in [0.25, 0.3) is 0 Å². The molecule has 0 bridgehead atoms. The van der Waals surface area contributed by atoms with Crippen molar-refractivity contribution in [3.05, 3.63) is 11.8 Å². The van der Waals surface area contributed by atoms with E-state index in [-0.39, 0.29) is 30.1 Å². The summed E-state index contributed by atoms with van der Waals surface area (Å²) in [4.78, 5) is 34.6. The quantitative estimate of drug-likeness (QED) is 0.677. The van der Waals surface area contributed by atoms with Crippen LogP contribution in [0.4, 0.5) is 5.82 Å². The second kappa shape index (κ2) is 3.44. The number of hydrogen-bond donors (Lipinski definition) is 1. The molecule has 0 aromatic carbocycles. The number of carbonyl (C=O) groups excluding carboxylic acids is 2. The van der Waals surface area contributed by atoms with E-state index in [9.17, 15) is 14.4 Å². The maximum atomic E-state index is 11.5. The Balaban J connectivity index is 2.47. The Kier molecular flexibility index (Phi) is 2.22. The van der Waals surface area contributed by atoms with E-state index >= 15 is 0 Å². The fourth-order valence-electron chi connectivity index (χ4n) is 1.68. The molecule has 1 aliphatic rings. The Morgan fingerprint density at radius 3 is 2.69 bits per heavy atom. The SMILES string of the molecule is Cn1ncc(C(=O)O)c1N1CC(=O)CC1=O. The van der Waals surface area contributed by atoms with Crippen molar-refractivity contribution in [1.82, 2.24) is 9.78 Å². The molecule has 1 aliphatic heterocycles. The molecule has 1 amide bonds. The number of aromatic nitrogens is 2. The predicted octanol–water partition coefficient (Wildman–Crippen LogP) is -0.576. The van der Waals surface area contributed by atoms with Gasteiger partial charge in [-0.1, -0.05) is 0 Å². The summed E-state index contributed by atoms with van der Waals surface area (Å²) in [6.07, 6.45) is 0.984. The van der Waals surface area contributed by atoms with Crippen molar-refractivity contribution < 1.29 is 19.5 Å². The number of ketones is 1. The monoisotopic (exact) mass is 223 g/mol. The predicted molar refractivity (Wildman–Crippen MR) is 52.1 cm³/mol. The highest BCUT2D eigenvalue weighted by Crippen LogP contribution is 2.23. The van der Waals surface area contributed by atoms with E-state index in [2.05, 4.69) is 5.10 Å². The van der Waals surface area contributed by atoms with Crippen molar-refractivity contribution in [2.24, 2.45) is 7.05 Å². The zero-order chi connectivity index (χ0) is 11.9.